The Bertz CT molecular complexity index is 1010. The summed E-state index contributed by atoms with van der Waals surface area (Å²) in [7, 11) is 0. The van der Waals surface area contributed by atoms with Gasteiger partial charge in [-0.3, -0.25) is 14.8 Å². The fourth-order valence-corrected chi connectivity index (χ4v) is 3.54. The molecule has 2 aromatic carbocycles. The summed E-state index contributed by atoms with van der Waals surface area (Å²) in [6.45, 7) is 2.94. The van der Waals surface area contributed by atoms with E-state index >= 15 is 0 Å². The standard InChI is InChI=1S/C21H20N4O3/c1-14-19-22-18(20(26)23-28)13-24(19)11-12-25(14)21(27)17-9-7-16(8-10-17)15-5-3-2-4-6-15/h2-10,13-14,28H,11-12H2,1H3,(H,23,26). The van der Waals surface area contributed by atoms with Crippen LogP contribution in [0.3, 0.4) is 0 Å². The smallest absolute Gasteiger partial charge is 0.294 e. The van der Waals surface area contributed by atoms with E-state index in [1.54, 1.807) is 16.6 Å². The molecule has 1 aromatic heterocycles. The first-order valence-electron chi connectivity index (χ1n) is 9.06. The SMILES string of the molecule is CC1c2nc(C(=O)NO)cn2CCN1C(=O)c1ccc(-c2ccccc2)cc1. The Hall–Kier alpha value is -3.45. The van der Waals surface area contributed by atoms with Crippen LogP contribution in [0.25, 0.3) is 11.1 Å². The van der Waals surface area contributed by atoms with Crippen molar-refractivity contribution in [2.24, 2.45) is 0 Å². The highest BCUT2D eigenvalue weighted by atomic mass is 16.5. The van der Waals surface area contributed by atoms with Crippen LogP contribution >= 0.6 is 0 Å². The molecule has 7 heteroatoms. The second kappa shape index (κ2) is 7.28. The number of imidazole rings is 1. The van der Waals surface area contributed by atoms with E-state index in [0.717, 1.165) is 11.1 Å². The van der Waals surface area contributed by atoms with Crippen molar-refractivity contribution < 1.29 is 14.8 Å². The van der Waals surface area contributed by atoms with Crippen LogP contribution < -0.4 is 5.48 Å². The van der Waals surface area contributed by atoms with Gasteiger partial charge in [-0.15, -0.1) is 0 Å². The normalized spacial score (nSPS) is 15.8. The van der Waals surface area contributed by atoms with Gasteiger partial charge >= 0.3 is 0 Å². The predicted molar refractivity (Wildman–Crippen MR) is 103 cm³/mol. The minimum atomic E-state index is -0.663. The van der Waals surface area contributed by atoms with Crippen molar-refractivity contribution in [3.8, 4) is 11.1 Å². The molecular weight excluding hydrogens is 356 g/mol. The van der Waals surface area contributed by atoms with Gasteiger partial charge in [0.05, 0.1) is 6.04 Å². The lowest BCUT2D eigenvalue weighted by Crippen LogP contribution is -2.41. The predicted octanol–water partition coefficient (Wildman–Crippen LogP) is 2.89. The third-order valence-corrected chi connectivity index (χ3v) is 5.06. The van der Waals surface area contributed by atoms with Crippen molar-refractivity contribution >= 4 is 11.8 Å². The number of amides is 2. The molecule has 0 saturated heterocycles. The Morgan fingerprint density at radius 1 is 1.04 bits per heavy atom. The van der Waals surface area contributed by atoms with Crippen LogP contribution in [0.4, 0.5) is 0 Å². The number of hydrogen-bond donors (Lipinski definition) is 2. The lowest BCUT2D eigenvalue weighted by Gasteiger charge is -2.33. The molecule has 0 radical (unpaired) electrons. The first-order valence-corrected chi connectivity index (χ1v) is 9.06. The molecular formula is C21H20N4O3. The maximum atomic E-state index is 13.0. The number of nitrogens with one attached hydrogen (secondary N) is 1. The zero-order chi connectivity index (χ0) is 19.7. The molecule has 142 valence electrons. The molecule has 2 amide bonds. The Balaban J connectivity index is 1.55. The number of fused-ring (bicyclic) bond motifs is 1. The van der Waals surface area contributed by atoms with Gasteiger partial charge in [-0.05, 0) is 30.2 Å². The van der Waals surface area contributed by atoms with Gasteiger partial charge in [0.2, 0.25) is 0 Å². The van der Waals surface area contributed by atoms with Crippen LogP contribution in [-0.4, -0.2) is 38.0 Å². The largest absolute Gasteiger partial charge is 0.331 e. The molecule has 1 unspecified atom stereocenters. The van der Waals surface area contributed by atoms with Gasteiger partial charge in [0, 0.05) is 24.8 Å². The lowest BCUT2D eigenvalue weighted by atomic mass is 10.0. The van der Waals surface area contributed by atoms with Crippen molar-refractivity contribution in [1.29, 1.82) is 0 Å². The fourth-order valence-electron chi connectivity index (χ4n) is 3.54. The first-order chi connectivity index (χ1) is 13.6. The number of nitrogens with zero attached hydrogens (tertiary/aromatic N) is 3. The minimum absolute atomic E-state index is 0.0745. The summed E-state index contributed by atoms with van der Waals surface area (Å²) in [4.78, 5) is 30.7. The molecule has 28 heavy (non-hydrogen) atoms. The van der Waals surface area contributed by atoms with E-state index in [-0.39, 0.29) is 17.6 Å². The number of carbonyl (C=O) groups excluding carboxylic acids is 2. The van der Waals surface area contributed by atoms with E-state index in [2.05, 4.69) is 4.98 Å². The van der Waals surface area contributed by atoms with Gasteiger partial charge in [-0.25, -0.2) is 10.5 Å². The number of hydroxylamine groups is 1. The van der Waals surface area contributed by atoms with Crippen molar-refractivity contribution in [1.82, 2.24) is 19.9 Å². The lowest BCUT2D eigenvalue weighted by molar-refractivity contribution is 0.0638. The zero-order valence-corrected chi connectivity index (χ0v) is 15.4. The van der Waals surface area contributed by atoms with Crippen molar-refractivity contribution in [2.75, 3.05) is 6.54 Å². The highest BCUT2D eigenvalue weighted by Crippen LogP contribution is 2.27. The molecule has 7 nitrogen and oxygen atoms in total. The Morgan fingerprint density at radius 2 is 1.71 bits per heavy atom. The van der Waals surface area contributed by atoms with Crippen molar-refractivity contribution in [2.45, 2.75) is 19.5 Å². The minimum Gasteiger partial charge on any atom is -0.331 e. The highest BCUT2D eigenvalue weighted by molar-refractivity contribution is 5.95. The molecule has 2 N–H and O–H groups in total. The average molecular weight is 376 g/mol. The van der Waals surface area contributed by atoms with Crippen LogP contribution in [0.2, 0.25) is 0 Å². The average Bonchev–Trinajstić information content (AvgIpc) is 3.19. The summed E-state index contributed by atoms with van der Waals surface area (Å²) >= 11 is 0. The maximum absolute atomic E-state index is 13.0. The molecule has 3 aromatic rings. The number of hydrogen-bond acceptors (Lipinski definition) is 4. The van der Waals surface area contributed by atoms with E-state index in [4.69, 9.17) is 5.21 Å². The van der Waals surface area contributed by atoms with Gasteiger partial charge < -0.3 is 9.47 Å². The number of carbonyl (C=O) groups is 2. The van der Waals surface area contributed by atoms with Crippen LogP contribution in [0.5, 0.6) is 0 Å². The van der Waals surface area contributed by atoms with Gasteiger partial charge in [0.25, 0.3) is 11.8 Å². The number of aromatic nitrogens is 2. The van der Waals surface area contributed by atoms with Gasteiger partial charge in [-0.1, -0.05) is 42.5 Å². The zero-order valence-electron chi connectivity index (χ0n) is 15.4. The molecule has 1 atom stereocenters. The van der Waals surface area contributed by atoms with Gasteiger partial charge in [-0.2, -0.15) is 0 Å². The van der Waals surface area contributed by atoms with E-state index in [1.807, 2.05) is 66.1 Å². The molecule has 0 bridgehead atoms. The maximum Gasteiger partial charge on any atom is 0.294 e. The molecule has 0 aliphatic carbocycles. The Morgan fingerprint density at radius 3 is 2.39 bits per heavy atom. The summed E-state index contributed by atoms with van der Waals surface area (Å²) in [6, 6.07) is 17.3. The summed E-state index contributed by atoms with van der Waals surface area (Å²) < 4.78 is 1.84. The van der Waals surface area contributed by atoms with Crippen molar-refractivity contribution in [3.05, 3.63) is 77.9 Å². The quantitative estimate of drug-likeness (QED) is 0.544. The number of benzene rings is 2. The van der Waals surface area contributed by atoms with E-state index in [1.165, 1.54) is 0 Å². The Kier molecular flexibility index (Phi) is 4.67. The second-order valence-electron chi connectivity index (χ2n) is 6.74. The van der Waals surface area contributed by atoms with Crippen LogP contribution in [0.1, 0.15) is 39.6 Å². The third-order valence-electron chi connectivity index (χ3n) is 5.06. The molecule has 0 saturated carbocycles. The second-order valence-corrected chi connectivity index (χ2v) is 6.74. The molecule has 4 rings (SSSR count). The highest BCUT2D eigenvalue weighted by Gasteiger charge is 2.31. The summed E-state index contributed by atoms with van der Waals surface area (Å²) in [6.07, 6.45) is 1.59. The number of rotatable bonds is 3. The fraction of sp³-hybridized carbons (Fsp3) is 0.190. The van der Waals surface area contributed by atoms with E-state index in [9.17, 15) is 9.59 Å². The Labute approximate surface area is 162 Å². The molecule has 0 spiro atoms. The van der Waals surface area contributed by atoms with Gasteiger partial charge in [0.15, 0.2) is 0 Å². The molecule has 1 aliphatic rings. The van der Waals surface area contributed by atoms with Gasteiger partial charge in [0.1, 0.15) is 11.5 Å². The van der Waals surface area contributed by atoms with Crippen LogP contribution in [-0.2, 0) is 6.54 Å². The molecule has 2 heterocycles. The van der Waals surface area contributed by atoms with Crippen LogP contribution in [0, 0.1) is 0 Å². The first kappa shape index (κ1) is 17.9. The topological polar surface area (TPSA) is 87.5 Å². The summed E-state index contributed by atoms with van der Waals surface area (Å²) in [5, 5.41) is 8.80. The van der Waals surface area contributed by atoms with Crippen molar-refractivity contribution in [3.63, 3.8) is 0 Å². The molecule has 0 fully saturated rings. The summed E-state index contributed by atoms with van der Waals surface area (Å²) in [5.41, 5.74) is 4.49. The van der Waals surface area contributed by atoms with E-state index < -0.39 is 5.91 Å². The van der Waals surface area contributed by atoms with E-state index in [0.29, 0.717) is 24.5 Å². The third kappa shape index (κ3) is 3.16. The summed E-state index contributed by atoms with van der Waals surface area (Å²) in [5.74, 6) is -0.114. The molecule has 1 aliphatic heterocycles. The monoisotopic (exact) mass is 376 g/mol. The van der Waals surface area contributed by atoms with Crippen LogP contribution in [0.15, 0.2) is 60.8 Å².